The minimum atomic E-state index is -0.181. The number of aromatic nitrogens is 2. The van der Waals surface area contributed by atoms with Crippen LogP contribution < -0.4 is 11.1 Å². The Balaban J connectivity index is 2.32. The zero-order valence-electron chi connectivity index (χ0n) is 10.6. The van der Waals surface area contributed by atoms with Gasteiger partial charge in [-0.25, -0.2) is 9.97 Å². The fourth-order valence-electron chi connectivity index (χ4n) is 1.66. The molecule has 5 heteroatoms. The van der Waals surface area contributed by atoms with Crippen LogP contribution in [-0.2, 0) is 0 Å². The van der Waals surface area contributed by atoms with Gasteiger partial charge in [-0.2, -0.15) is 0 Å². The number of aliphatic hydroxyl groups is 1. The van der Waals surface area contributed by atoms with Gasteiger partial charge in [0, 0.05) is 11.5 Å². The van der Waals surface area contributed by atoms with E-state index in [2.05, 4.69) is 15.3 Å². The lowest BCUT2D eigenvalue weighted by molar-refractivity contribution is 0.266. The summed E-state index contributed by atoms with van der Waals surface area (Å²) in [5.41, 5.74) is 6.56. The van der Waals surface area contributed by atoms with Crippen molar-refractivity contribution in [3.63, 3.8) is 0 Å². The van der Waals surface area contributed by atoms with Crippen LogP contribution >= 0.6 is 0 Å². The maximum absolute atomic E-state index is 9.32. The topological polar surface area (TPSA) is 84.1 Å². The van der Waals surface area contributed by atoms with Crippen LogP contribution in [0.5, 0.6) is 0 Å². The van der Waals surface area contributed by atoms with Crippen molar-refractivity contribution >= 4 is 11.6 Å². The monoisotopic (exact) mass is 236 g/mol. The molecule has 0 amide bonds. The van der Waals surface area contributed by atoms with Gasteiger partial charge in [-0.05, 0) is 19.8 Å². The predicted octanol–water partition coefficient (Wildman–Crippen LogP) is 1.43. The molecule has 0 aromatic carbocycles. The van der Waals surface area contributed by atoms with Gasteiger partial charge in [0.2, 0.25) is 0 Å². The minimum Gasteiger partial charge on any atom is -0.394 e. The number of rotatable bonds is 4. The summed E-state index contributed by atoms with van der Waals surface area (Å²) in [7, 11) is 0. The number of hydrogen-bond acceptors (Lipinski definition) is 5. The maximum Gasteiger partial charge on any atom is 0.135 e. The first-order chi connectivity index (χ1) is 7.97. The largest absolute Gasteiger partial charge is 0.394 e. The summed E-state index contributed by atoms with van der Waals surface area (Å²) < 4.78 is 0. The van der Waals surface area contributed by atoms with Gasteiger partial charge < -0.3 is 16.2 Å². The molecule has 5 nitrogen and oxygen atoms in total. The average Bonchev–Trinajstić information content (AvgIpc) is 3.05. The zero-order valence-corrected chi connectivity index (χ0v) is 10.6. The Hall–Kier alpha value is -1.36. The van der Waals surface area contributed by atoms with Gasteiger partial charge in [0.15, 0.2) is 0 Å². The fourth-order valence-corrected chi connectivity index (χ4v) is 1.66. The SMILES string of the molecule is Cc1c(N)nc(C(C)C)nc1NC1(CO)CC1. The van der Waals surface area contributed by atoms with E-state index in [1.807, 2.05) is 20.8 Å². The fraction of sp³-hybridized carbons (Fsp3) is 0.667. The Morgan fingerprint density at radius 2 is 2.06 bits per heavy atom. The molecule has 0 unspecified atom stereocenters. The maximum atomic E-state index is 9.32. The Labute approximate surface area is 101 Å². The molecule has 0 atom stereocenters. The lowest BCUT2D eigenvalue weighted by Crippen LogP contribution is -2.27. The molecule has 1 aliphatic rings. The van der Waals surface area contributed by atoms with Crippen molar-refractivity contribution in [1.82, 2.24) is 9.97 Å². The number of nitrogens with one attached hydrogen (secondary N) is 1. The van der Waals surface area contributed by atoms with E-state index < -0.39 is 0 Å². The van der Waals surface area contributed by atoms with E-state index in [1.165, 1.54) is 0 Å². The first-order valence-electron chi connectivity index (χ1n) is 6.00. The van der Waals surface area contributed by atoms with Crippen LogP contribution in [0.2, 0.25) is 0 Å². The second-order valence-electron chi connectivity index (χ2n) is 5.16. The third-order valence-corrected chi connectivity index (χ3v) is 3.26. The number of nitrogens with two attached hydrogens (primary N) is 1. The lowest BCUT2D eigenvalue weighted by Gasteiger charge is -2.18. The van der Waals surface area contributed by atoms with Crippen LogP contribution in [0.4, 0.5) is 11.6 Å². The van der Waals surface area contributed by atoms with Gasteiger partial charge in [0.05, 0.1) is 12.1 Å². The summed E-state index contributed by atoms with van der Waals surface area (Å²) in [4.78, 5) is 8.77. The number of nitrogen functional groups attached to an aromatic ring is 1. The smallest absolute Gasteiger partial charge is 0.135 e. The van der Waals surface area contributed by atoms with E-state index in [9.17, 15) is 5.11 Å². The quantitative estimate of drug-likeness (QED) is 0.736. The molecule has 1 fully saturated rings. The summed E-state index contributed by atoms with van der Waals surface area (Å²) in [6.45, 7) is 6.10. The highest BCUT2D eigenvalue weighted by Crippen LogP contribution is 2.39. The van der Waals surface area contributed by atoms with Crippen LogP contribution in [0.25, 0.3) is 0 Å². The number of hydrogen-bond donors (Lipinski definition) is 3. The molecule has 4 N–H and O–H groups in total. The van der Waals surface area contributed by atoms with Crippen molar-refractivity contribution in [3.8, 4) is 0 Å². The first-order valence-corrected chi connectivity index (χ1v) is 6.00. The molecule has 94 valence electrons. The van der Waals surface area contributed by atoms with Crippen LogP contribution in [0.15, 0.2) is 0 Å². The van der Waals surface area contributed by atoms with Crippen LogP contribution in [0, 0.1) is 6.92 Å². The van der Waals surface area contributed by atoms with Crippen molar-refractivity contribution in [1.29, 1.82) is 0 Å². The molecule has 0 radical (unpaired) electrons. The van der Waals surface area contributed by atoms with E-state index in [0.717, 1.165) is 30.0 Å². The molecule has 0 saturated heterocycles. The Morgan fingerprint density at radius 1 is 1.41 bits per heavy atom. The highest BCUT2D eigenvalue weighted by molar-refractivity contribution is 5.57. The van der Waals surface area contributed by atoms with Crippen LogP contribution in [-0.4, -0.2) is 27.2 Å². The molecule has 0 spiro atoms. The first kappa shape index (κ1) is 12.1. The van der Waals surface area contributed by atoms with Crippen molar-refractivity contribution in [2.75, 3.05) is 17.7 Å². The predicted molar refractivity (Wildman–Crippen MR) is 67.9 cm³/mol. The van der Waals surface area contributed by atoms with Gasteiger partial charge in [-0.3, -0.25) is 0 Å². The van der Waals surface area contributed by atoms with Gasteiger partial charge in [-0.1, -0.05) is 13.8 Å². The molecule has 1 saturated carbocycles. The van der Waals surface area contributed by atoms with E-state index in [-0.39, 0.29) is 18.1 Å². The van der Waals surface area contributed by atoms with Crippen molar-refractivity contribution < 1.29 is 5.11 Å². The second kappa shape index (κ2) is 4.14. The standard InChI is InChI=1S/C12H20N4O/c1-7(2)10-14-9(13)8(3)11(15-10)16-12(6-17)4-5-12/h7,17H,4-6H2,1-3H3,(H3,13,14,15,16). The number of anilines is 2. The molecule has 2 rings (SSSR count). The summed E-state index contributed by atoms with van der Waals surface area (Å²) >= 11 is 0. The Bertz CT molecular complexity index is 427. The highest BCUT2D eigenvalue weighted by Gasteiger charge is 2.42. The van der Waals surface area contributed by atoms with E-state index in [1.54, 1.807) is 0 Å². The van der Waals surface area contributed by atoms with Crippen molar-refractivity contribution in [2.45, 2.75) is 45.1 Å². The van der Waals surface area contributed by atoms with Gasteiger partial charge in [0.1, 0.15) is 17.5 Å². The second-order valence-corrected chi connectivity index (χ2v) is 5.16. The molecule has 1 aromatic rings. The van der Waals surface area contributed by atoms with Crippen molar-refractivity contribution in [2.24, 2.45) is 0 Å². The molecule has 1 heterocycles. The third kappa shape index (κ3) is 2.34. The van der Waals surface area contributed by atoms with E-state index in [0.29, 0.717) is 5.82 Å². The molecular weight excluding hydrogens is 216 g/mol. The Morgan fingerprint density at radius 3 is 2.53 bits per heavy atom. The number of aliphatic hydroxyl groups excluding tert-OH is 1. The van der Waals surface area contributed by atoms with E-state index >= 15 is 0 Å². The third-order valence-electron chi connectivity index (χ3n) is 3.26. The molecule has 0 bridgehead atoms. The molecule has 1 aliphatic carbocycles. The van der Waals surface area contributed by atoms with Gasteiger partial charge >= 0.3 is 0 Å². The summed E-state index contributed by atoms with van der Waals surface area (Å²) in [5, 5.41) is 12.6. The molecule has 0 aliphatic heterocycles. The van der Waals surface area contributed by atoms with E-state index in [4.69, 9.17) is 5.73 Å². The lowest BCUT2D eigenvalue weighted by atomic mass is 10.2. The van der Waals surface area contributed by atoms with Crippen molar-refractivity contribution in [3.05, 3.63) is 11.4 Å². The average molecular weight is 236 g/mol. The van der Waals surface area contributed by atoms with Crippen LogP contribution in [0.3, 0.4) is 0 Å². The van der Waals surface area contributed by atoms with Gasteiger partial charge in [-0.15, -0.1) is 0 Å². The minimum absolute atomic E-state index is 0.132. The molecule has 1 aromatic heterocycles. The zero-order chi connectivity index (χ0) is 12.6. The Kier molecular flexibility index (Phi) is 2.95. The summed E-state index contributed by atoms with van der Waals surface area (Å²) in [6, 6.07) is 0. The highest BCUT2D eigenvalue weighted by atomic mass is 16.3. The molecular formula is C12H20N4O. The van der Waals surface area contributed by atoms with Gasteiger partial charge in [0.25, 0.3) is 0 Å². The summed E-state index contributed by atoms with van der Waals surface area (Å²) in [6.07, 6.45) is 1.95. The van der Waals surface area contributed by atoms with Crippen LogP contribution in [0.1, 0.15) is 44.0 Å². The normalized spacial score (nSPS) is 17.2. The summed E-state index contributed by atoms with van der Waals surface area (Å²) in [5.74, 6) is 2.25. The molecule has 17 heavy (non-hydrogen) atoms. The number of nitrogens with zero attached hydrogens (tertiary/aromatic N) is 2.